The number of fused-ring (bicyclic) bond motifs is 1. The van der Waals surface area contributed by atoms with Gasteiger partial charge in [-0.2, -0.15) is 0 Å². The molecule has 2 atom stereocenters. The molecule has 0 spiro atoms. The normalized spacial score (nSPS) is 14.8. The van der Waals surface area contributed by atoms with Crippen molar-refractivity contribution in [2.45, 2.75) is 32.7 Å². The highest BCUT2D eigenvalue weighted by Crippen LogP contribution is 2.24. The van der Waals surface area contributed by atoms with Crippen LogP contribution in [0.4, 0.5) is 0 Å². The van der Waals surface area contributed by atoms with Crippen molar-refractivity contribution >= 4 is 22.8 Å². The Bertz CT molecular complexity index is 565. The topological polar surface area (TPSA) is 39.9 Å². The second-order valence-electron chi connectivity index (χ2n) is 5.11. The first-order chi connectivity index (χ1) is 9.02. The number of hydrogen-bond acceptors (Lipinski definition) is 3. The fourth-order valence-electron chi connectivity index (χ4n) is 2.26. The Kier molecular flexibility index (Phi) is 4.42. The van der Waals surface area contributed by atoms with Gasteiger partial charge in [0.15, 0.2) is 5.65 Å². The Morgan fingerprint density at radius 1 is 1.42 bits per heavy atom. The molecule has 2 rings (SSSR count). The smallest absolute Gasteiger partial charge is 0.160 e. The van der Waals surface area contributed by atoms with Crippen LogP contribution >= 0.6 is 11.6 Å². The van der Waals surface area contributed by atoms with Crippen LogP contribution in [0.5, 0.6) is 0 Å². The zero-order valence-electron chi connectivity index (χ0n) is 11.9. The summed E-state index contributed by atoms with van der Waals surface area (Å²) in [5, 5.41) is -0.135. The number of imidazole rings is 1. The molecule has 104 valence electrons. The highest BCUT2D eigenvalue weighted by atomic mass is 35.5. The van der Waals surface area contributed by atoms with Crippen molar-refractivity contribution in [3.05, 3.63) is 23.7 Å². The molecule has 0 aliphatic rings. The summed E-state index contributed by atoms with van der Waals surface area (Å²) < 4.78 is 7.30. The Hall–Kier alpha value is -1.13. The molecule has 0 saturated heterocycles. The Balaban J connectivity index is 2.46. The van der Waals surface area contributed by atoms with Crippen LogP contribution in [0, 0.1) is 12.8 Å². The summed E-state index contributed by atoms with van der Waals surface area (Å²) in [7, 11) is 1.72. The molecule has 0 N–H and O–H groups in total. The summed E-state index contributed by atoms with van der Waals surface area (Å²) in [4.78, 5) is 9.11. The standard InChI is InChI=1S/C14H20ClN3O/c1-9-5-12-14(16-6-9)18(7-10(2)8-19-4)13(17-12)11(3)15/h5-6,10-11H,7-8H2,1-4H3. The highest BCUT2D eigenvalue weighted by Gasteiger charge is 2.17. The molecule has 2 aromatic rings. The fourth-order valence-corrected chi connectivity index (χ4v) is 2.43. The minimum absolute atomic E-state index is 0.135. The van der Waals surface area contributed by atoms with E-state index in [4.69, 9.17) is 16.3 Å². The minimum atomic E-state index is -0.135. The maximum absolute atomic E-state index is 6.24. The van der Waals surface area contributed by atoms with Gasteiger partial charge in [-0.15, -0.1) is 11.6 Å². The maximum atomic E-state index is 6.24. The van der Waals surface area contributed by atoms with Gasteiger partial charge in [0.25, 0.3) is 0 Å². The molecule has 0 aromatic carbocycles. The van der Waals surface area contributed by atoms with E-state index in [2.05, 4.69) is 21.5 Å². The minimum Gasteiger partial charge on any atom is -0.384 e. The van der Waals surface area contributed by atoms with E-state index in [1.807, 2.05) is 26.1 Å². The summed E-state index contributed by atoms with van der Waals surface area (Å²) in [6, 6.07) is 2.04. The molecule has 19 heavy (non-hydrogen) atoms. The number of alkyl halides is 1. The van der Waals surface area contributed by atoms with Crippen LogP contribution in [-0.2, 0) is 11.3 Å². The molecule has 5 heteroatoms. The third kappa shape index (κ3) is 3.07. The lowest BCUT2D eigenvalue weighted by Gasteiger charge is -2.15. The van der Waals surface area contributed by atoms with Crippen LogP contribution in [0.1, 0.15) is 30.6 Å². The second kappa shape index (κ2) is 5.88. The predicted octanol–water partition coefficient (Wildman–Crippen LogP) is 3.32. The maximum Gasteiger partial charge on any atom is 0.160 e. The van der Waals surface area contributed by atoms with E-state index < -0.39 is 0 Å². The summed E-state index contributed by atoms with van der Waals surface area (Å²) in [6.07, 6.45) is 1.87. The van der Waals surface area contributed by atoms with Gasteiger partial charge in [-0.05, 0) is 31.4 Å². The number of methoxy groups -OCH3 is 1. The second-order valence-corrected chi connectivity index (χ2v) is 5.77. The molecule has 0 aliphatic carbocycles. The van der Waals surface area contributed by atoms with Crippen LogP contribution in [-0.4, -0.2) is 28.3 Å². The Morgan fingerprint density at radius 3 is 2.79 bits per heavy atom. The van der Waals surface area contributed by atoms with Crippen LogP contribution in [0.15, 0.2) is 12.3 Å². The number of nitrogens with zero attached hydrogens (tertiary/aromatic N) is 3. The van der Waals surface area contributed by atoms with E-state index in [0.717, 1.165) is 29.1 Å². The number of aryl methyl sites for hydroxylation is 1. The van der Waals surface area contributed by atoms with Gasteiger partial charge in [0.1, 0.15) is 11.3 Å². The Morgan fingerprint density at radius 2 is 2.16 bits per heavy atom. The van der Waals surface area contributed by atoms with Crippen LogP contribution in [0.25, 0.3) is 11.2 Å². The molecule has 2 aromatic heterocycles. The number of pyridine rings is 1. The van der Waals surface area contributed by atoms with E-state index >= 15 is 0 Å². The van der Waals surface area contributed by atoms with Gasteiger partial charge >= 0.3 is 0 Å². The molecule has 0 fully saturated rings. The predicted molar refractivity (Wildman–Crippen MR) is 77.6 cm³/mol. The first-order valence-corrected chi connectivity index (χ1v) is 6.92. The fraction of sp³-hybridized carbons (Fsp3) is 0.571. The van der Waals surface area contributed by atoms with E-state index in [9.17, 15) is 0 Å². The number of rotatable bonds is 5. The molecular formula is C14H20ClN3O. The monoisotopic (exact) mass is 281 g/mol. The first-order valence-electron chi connectivity index (χ1n) is 6.48. The lowest BCUT2D eigenvalue weighted by molar-refractivity contribution is 0.151. The molecular weight excluding hydrogens is 262 g/mol. The van der Waals surface area contributed by atoms with Crippen LogP contribution in [0.3, 0.4) is 0 Å². The van der Waals surface area contributed by atoms with Gasteiger partial charge in [-0.25, -0.2) is 9.97 Å². The van der Waals surface area contributed by atoms with Gasteiger partial charge < -0.3 is 9.30 Å². The molecule has 4 nitrogen and oxygen atoms in total. The van der Waals surface area contributed by atoms with E-state index in [-0.39, 0.29) is 5.38 Å². The zero-order valence-corrected chi connectivity index (χ0v) is 12.6. The average molecular weight is 282 g/mol. The van der Waals surface area contributed by atoms with E-state index in [1.165, 1.54) is 0 Å². The average Bonchev–Trinajstić information content (AvgIpc) is 2.67. The van der Waals surface area contributed by atoms with Gasteiger partial charge in [-0.3, -0.25) is 0 Å². The van der Waals surface area contributed by atoms with Crippen molar-refractivity contribution in [1.82, 2.24) is 14.5 Å². The first kappa shape index (κ1) is 14.3. The van der Waals surface area contributed by atoms with Crippen LogP contribution in [0.2, 0.25) is 0 Å². The molecule has 2 unspecified atom stereocenters. The summed E-state index contributed by atoms with van der Waals surface area (Å²) in [6.45, 7) is 7.62. The number of ether oxygens (including phenoxy) is 1. The van der Waals surface area contributed by atoms with Gasteiger partial charge in [0.05, 0.1) is 12.0 Å². The molecule has 0 saturated carbocycles. The third-order valence-electron chi connectivity index (χ3n) is 3.05. The van der Waals surface area contributed by atoms with Crippen LogP contribution < -0.4 is 0 Å². The van der Waals surface area contributed by atoms with Crippen molar-refractivity contribution in [1.29, 1.82) is 0 Å². The van der Waals surface area contributed by atoms with E-state index in [1.54, 1.807) is 7.11 Å². The molecule has 2 heterocycles. The molecule has 0 bridgehead atoms. The zero-order chi connectivity index (χ0) is 14.0. The van der Waals surface area contributed by atoms with Crippen molar-refractivity contribution < 1.29 is 4.74 Å². The molecule has 0 aliphatic heterocycles. The van der Waals surface area contributed by atoms with Crippen molar-refractivity contribution in [3.8, 4) is 0 Å². The van der Waals surface area contributed by atoms with Gasteiger partial charge in [0.2, 0.25) is 0 Å². The quantitative estimate of drug-likeness (QED) is 0.789. The Labute approximate surface area is 118 Å². The third-order valence-corrected chi connectivity index (χ3v) is 3.25. The molecule has 0 amide bonds. The summed E-state index contributed by atoms with van der Waals surface area (Å²) >= 11 is 6.24. The molecule has 0 radical (unpaired) electrons. The highest BCUT2D eigenvalue weighted by molar-refractivity contribution is 6.20. The van der Waals surface area contributed by atoms with Gasteiger partial charge in [0, 0.05) is 19.9 Å². The largest absolute Gasteiger partial charge is 0.384 e. The van der Waals surface area contributed by atoms with Crippen molar-refractivity contribution in [2.75, 3.05) is 13.7 Å². The number of halogens is 1. The lowest BCUT2D eigenvalue weighted by atomic mass is 10.2. The SMILES string of the molecule is COCC(C)Cn1c(C(C)Cl)nc2cc(C)cnc21. The summed E-state index contributed by atoms with van der Waals surface area (Å²) in [5.74, 6) is 1.26. The van der Waals surface area contributed by atoms with Gasteiger partial charge in [-0.1, -0.05) is 6.92 Å². The van der Waals surface area contributed by atoms with E-state index in [0.29, 0.717) is 12.5 Å². The van der Waals surface area contributed by atoms with Crippen molar-refractivity contribution in [2.24, 2.45) is 5.92 Å². The lowest BCUT2D eigenvalue weighted by Crippen LogP contribution is -2.15. The number of aromatic nitrogens is 3. The number of hydrogen-bond donors (Lipinski definition) is 0. The summed E-state index contributed by atoms with van der Waals surface area (Å²) in [5.41, 5.74) is 2.92. The van der Waals surface area contributed by atoms with Crippen molar-refractivity contribution in [3.63, 3.8) is 0 Å².